The van der Waals surface area contributed by atoms with Gasteiger partial charge in [-0.25, -0.2) is 0 Å². The second-order valence-corrected chi connectivity index (χ2v) is 9.32. The Morgan fingerprint density at radius 3 is 2.11 bits per heavy atom. The van der Waals surface area contributed by atoms with Gasteiger partial charge in [-0.2, -0.15) is 10.5 Å². The fourth-order valence-corrected chi connectivity index (χ4v) is 5.16. The van der Waals surface area contributed by atoms with Gasteiger partial charge in [-0.1, -0.05) is 24.1 Å². The number of nitrogens with zero attached hydrogens (tertiary/aromatic N) is 1. The predicted molar refractivity (Wildman–Crippen MR) is 88.4 cm³/mol. The zero-order valence-corrected chi connectivity index (χ0v) is 14.2. The molecule has 1 aliphatic heterocycles. The molecule has 1 aliphatic rings. The summed E-state index contributed by atoms with van der Waals surface area (Å²) in [5.41, 5.74) is 1.53. The van der Waals surface area contributed by atoms with Crippen LogP contribution >= 0.6 is 10.5 Å². The van der Waals surface area contributed by atoms with Crippen molar-refractivity contribution >= 4 is 16.4 Å². The maximum atomic E-state index is 4.55. The molecule has 0 aliphatic carbocycles. The van der Waals surface area contributed by atoms with E-state index < -0.39 is 0 Å². The molecule has 1 nitrogen and oxygen atoms in total. The third-order valence-corrected chi connectivity index (χ3v) is 8.20. The van der Waals surface area contributed by atoms with Crippen molar-refractivity contribution in [3.63, 3.8) is 0 Å². The van der Waals surface area contributed by atoms with Crippen LogP contribution in [0.15, 0.2) is 29.2 Å². The minimum Gasteiger partial charge on any atom is -0.291 e. The van der Waals surface area contributed by atoms with Crippen LogP contribution in [-0.2, 0) is 5.54 Å². The molecule has 2 heteroatoms. The topological polar surface area (TPSA) is 3.24 Å². The average molecular weight is 277 g/mol. The molecule has 1 aromatic rings. The minimum absolute atomic E-state index is 0.0212. The Hall–Kier alpha value is -0.600. The Bertz CT molecular complexity index is 526. The molecule has 1 aromatic carbocycles. The summed E-state index contributed by atoms with van der Waals surface area (Å²) in [6, 6.07) is 8.84. The van der Waals surface area contributed by atoms with Crippen LogP contribution < -0.4 is 0 Å². The summed E-state index contributed by atoms with van der Waals surface area (Å²) < 4.78 is 0.131. The molecule has 0 aromatic heterocycles. The van der Waals surface area contributed by atoms with Crippen molar-refractivity contribution in [1.82, 2.24) is 4.90 Å². The highest BCUT2D eigenvalue weighted by Crippen LogP contribution is 2.55. The molecular formula is C17H27NS. The van der Waals surface area contributed by atoms with Crippen LogP contribution in [0.25, 0.3) is 0 Å². The summed E-state index contributed by atoms with van der Waals surface area (Å²) in [6.07, 6.45) is 0. The highest BCUT2D eigenvalue weighted by Gasteiger charge is 2.50. The van der Waals surface area contributed by atoms with Gasteiger partial charge in [0.05, 0.1) is 0 Å². The lowest BCUT2D eigenvalue weighted by atomic mass is 9.82. The van der Waals surface area contributed by atoms with Gasteiger partial charge in [-0.3, -0.25) is 4.90 Å². The number of rotatable bonds is 0. The third kappa shape index (κ3) is 1.84. The van der Waals surface area contributed by atoms with E-state index in [1.54, 1.807) is 0 Å². The van der Waals surface area contributed by atoms with E-state index in [0.717, 1.165) is 0 Å². The zero-order chi connectivity index (χ0) is 14.6. The minimum atomic E-state index is -0.0212. The van der Waals surface area contributed by atoms with Gasteiger partial charge in [0.25, 0.3) is 0 Å². The molecule has 0 N–H and O–H groups in total. The molecule has 1 atom stereocenters. The number of fused-ring (bicyclic) bond motifs is 1. The van der Waals surface area contributed by atoms with Crippen LogP contribution in [0.1, 0.15) is 47.1 Å². The molecule has 0 radical (unpaired) electrons. The van der Waals surface area contributed by atoms with Crippen LogP contribution in [-0.4, -0.2) is 28.1 Å². The van der Waals surface area contributed by atoms with Gasteiger partial charge in [0, 0.05) is 20.7 Å². The van der Waals surface area contributed by atoms with E-state index in [2.05, 4.69) is 83.6 Å². The maximum absolute atomic E-state index is 4.55. The van der Waals surface area contributed by atoms with Gasteiger partial charge in [-0.05, 0) is 60.2 Å². The Kier molecular flexibility index (Phi) is 3.27. The summed E-state index contributed by atoms with van der Waals surface area (Å²) in [5, 5.41) is 0. The molecule has 0 saturated heterocycles. The molecule has 2 rings (SSSR count). The standard InChI is InChI=1S/C17H27NS/c1-15(2)13-11-9-10-12-14(13)19(8)17(5,6)16(3,4)18(15)7/h9-12H,8H2,1-7H3. The van der Waals surface area contributed by atoms with Gasteiger partial charge in [0.1, 0.15) is 0 Å². The molecule has 19 heavy (non-hydrogen) atoms. The van der Waals surface area contributed by atoms with Crippen molar-refractivity contribution in [1.29, 1.82) is 0 Å². The van der Waals surface area contributed by atoms with E-state index in [1.807, 2.05) is 0 Å². The van der Waals surface area contributed by atoms with Crippen LogP contribution in [0.5, 0.6) is 0 Å². The smallest absolute Gasteiger partial charge is 0.0418 e. The van der Waals surface area contributed by atoms with Crippen molar-refractivity contribution in [3.8, 4) is 0 Å². The highest BCUT2D eigenvalue weighted by molar-refractivity contribution is 8.15. The largest absolute Gasteiger partial charge is 0.291 e. The Morgan fingerprint density at radius 2 is 1.53 bits per heavy atom. The summed E-state index contributed by atoms with van der Waals surface area (Å²) in [5.74, 6) is 4.55. The molecule has 1 heterocycles. The molecule has 0 fully saturated rings. The first kappa shape index (κ1) is 14.8. The normalized spacial score (nSPS) is 28.5. The van der Waals surface area contributed by atoms with E-state index in [0.29, 0.717) is 0 Å². The van der Waals surface area contributed by atoms with Crippen molar-refractivity contribution < 1.29 is 0 Å². The Morgan fingerprint density at radius 1 is 1.00 bits per heavy atom. The van der Waals surface area contributed by atoms with Crippen LogP contribution in [0, 0.1) is 0 Å². The molecule has 106 valence electrons. The molecule has 1 unspecified atom stereocenters. The van der Waals surface area contributed by atoms with Crippen molar-refractivity contribution in [3.05, 3.63) is 29.8 Å². The molecule has 0 saturated carbocycles. The van der Waals surface area contributed by atoms with Crippen LogP contribution in [0.3, 0.4) is 0 Å². The maximum Gasteiger partial charge on any atom is 0.0418 e. The van der Waals surface area contributed by atoms with Gasteiger partial charge >= 0.3 is 0 Å². The lowest BCUT2D eigenvalue weighted by Gasteiger charge is -2.52. The Labute approximate surface area is 120 Å². The number of benzene rings is 1. The molecule has 0 spiro atoms. The second-order valence-electron chi connectivity index (χ2n) is 7.07. The quantitative estimate of drug-likeness (QED) is 0.632. The number of hydrogen-bond donors (Lipinski definition) is 0. The summed E-state index contributed by atoms with van der Waals surface area (Å²) in [4.78, 5) is 3.95. The van der Waals surface area contributed by atoms with E-state index in [1.165, 1.54) is 10.5 Å². The van der Waals surface area contributed by atoms with Crippen molar-refractivity contribution in [2.24, 2.45) is 0 Å². The highest BCUT2D eigenvalue weighted by atomic mass is 32.2. The zero-order valence-electron chi connectivity index (χ0n) is 13.4. The summed E-state index contributed by atoms with van der Waals surface area (Å²) >= 11 is 0. The SMILES string of the molecule is C=S1c2ccccc2C(C)(C)N(C)C(C)(C)C1(C)C. The first-order chi connectivity index (χ1) is 8.54. The lowest BCUT2D eigenvalue weighted by Crippen LogP contribution is -2.59. The van der Waals surface area contributed by atoms with E-state index >= 15 is 0 Å². The van der Waals surface area contributed by atoms with Crippen molar-refractivity contribution in [2.45, 2.75) is 62.3 Å². The Balaban J connectivity index is 2.82. The number of hydrogen-bond acceptors (Lipinski definition) is 1. The van der Waals surface area contributed by atoms with Crippen LogP contribution in [0.2, 0.25) is 0 Å². The fraction of sp³-hybridized carbons (Fsp3) is 0.588. The fourth-order valence-electron chi connectivity index (χ4n) is 3.05. The molecule has 0 amide bonds. The van der Waals surface area contributed by atoms with Gasteiger partial charge in [0.2, 0.25) is 0 Å². The predicted octanol–water partition coefficient (Wildman–Crippen LogP) is 4.48. The summed E-state index contributed by atoms with van der Waals surface area (Å²) in [6.45, 7) is 14.1. The second kappa shape index (κ2) is 4.20. The lowest BCUT2D eigenvalue weighted by molar-refractivity contribution is 0.0246. The average Bonchev–Trinajstić information content (AvgIpc) is 2.37. The van der Waals surface area contributed by atoms with Crippen molar-refractivity contribution in [2.75, 3.05) is 7.05 Å². The van der Waals surface area contributed by atoms with E-state index in [-0.39, 0.29) is 26.3 Å². The third-order valence-electron chi connectivity index (χ3n) is 5.58. The first-order valence-corrected chi connectivity index (χ1v) is 8.31. The molecular weight excluding hydrogens is 250 g/mol. The van der Waals surface area contributed by atoms with E-state index in [9.17, 15) is 0 Å². The summed E-state index contributed by atoms with van der Waals surface area (Å²) in [7, 11) is 2.23. The van der Waals surface area contributed by atoms with Gasteiger partial charge in [0.15, 0.2) is 0 Å². The monoisotopic (exact) mass is 277 g/mol. The van der Waals surface area contributed by atoms with E-state index in [4.69, 9.17) is 0 Å². The van der Waals surface area contributed by atoms with Gasteiger partial charge < -0.3 is 0 Å². The van der Waals surface area contributed by atoms with Gasteiger partial charge in [-0.15, -0.1) is 0 Å². The molecule has 0 bridgehead atoms. The first-order valence-electron chi connectivity index (χ1n) is 6.92. The van der Waals surface area contributed by atoms with Crippen LogP contribution in [0.4, 0.5) is 0 Å².